The van der Waals surface area contributed by atoms with Crippen molar-refractivity contribution in [3.63, 3.8) is 0 Å². The van der Waals surface area contributed by atoms with Crippen molar-refractivity contribution in [3.8, 4) is 0 Å². The van der Waals surface area contributed by atoms with E-state index in [1.165, 1.54) is 0 Å². The van der Waals surface area contributed by atoms with E-state index in [1.54, 1.807) is 6.20 Å². The topological polar surface area (TPSA) is 51.0 Å². The summed E-state index contributed by atoms with van der Waals surface area (Å²) in [4.78, 5) is 22.9. The Balaban J connectivity index is 1.73. The lowest BCUT2D eigenvalue weighted by molar-refractivity contribution is -0.131. The van der Waals surface area contributed by atoms with Gasteiger partial charge in [-0.3, -0.25) is 9.78 Å². The first-order valence-electron chi connectivity index (χ1n) is 6.53. The number of carbonyl (C=O) groups is 1. The normalized spacial score (nSPS) is 14.2. The van der Waals surface area contributed by atoms with Crippen molar-refractivity contribution >= 4 is 21.8 Å². The monoisotopic (exact) mass is 334 g/mol. The van der Waals surface area contributed by atoms with E-state index in [9.17, 15) is 4.79 Å². The first-order valence-corrected chi connectivity index (χ1v) is 7.32. The molecular weight excluding hydrogens is 320 g/mol. The molecule has 2 aromatic rings. The van der Waals surface area contributed by atoms with E-state index in [-0.39, 0.29) is 5.91 Å². The Bertz CT molecular complexity index is 638. The molecule has 1 aliphatic rings. The Hall–Kier alpha value is -1.69. The molecule has 0 N–H and O–H groups in total. The summed E-state index contributed by atoms with van der Waals surface area (Å²) in [7, 11) is 1.96. The predicted octanol–water partition coefficient (Wildman–Crippen LogP) is 1.70. The van der Waals surface area contributed by atoms with Crippen molar-refractivity contribution in [2.45, 2.75) is 19.4 Å². The molecule has 104 valence electrons. The number of rotatable bonds is 2. The van der Waals surface area contributed by atoms with E-state index in [4.69, 9.17) is 0 Å². The average Bonchev–Trinajstić information content (AvgIpc) is 2.75. The zero-order valence-corrected chi connectivity index (χ0v) is 12.8. The minimum absolute atomic E-state index is 0.117. The number of nitrogens with zero attached hydrogens (tertiary/aromatic N) is 4. The molecular formula is C14H15BrN4O. The summed E-state index contributed by atoms with van der Waals surface area (Å²) in [5.41, 5.74) is 3.01. The zero-order valence-electron chi connectivity index (χ0n) is 11.2. The van der Waals surface area contributed by atoms with Crippen molar-refractivity contribution in [1.82, 2.24) is 19.4 Å². The van der Waals surface area contributed by atoms with E-state index in [0.717, 1.165) is 34.8 Å². The minimum atomic E-state index is 0.117. The van der Waals surface area contributed by atoms with Crippen LogP contribution in [0.1, 0.15) is 17.1 Å². The maximum absolute atomic E-state index is 12.3. The number of aromatic nitrogens is 3. The van der Waals surface area contributed by atoms with Crippen molar-refractivity contribution in [1.29, 1.82) is 0 Å². The zero-order chi connectivity index (χ0) is 14.1. The molecule has 3 rings (SSSR count). The second-order valence-electron chi connectivity index (χ2n) is 4.90. The molecule has 0 unspecified atom stereocenters. The number of hydrogen-bond acceptors (Lipinski definition) is 3. The van der Waals surface area contributed by atoms with Gasteiger partial charge < -0.3 is 9.47 Å². The van der Waals surface area contributed by atoms with Gasteiger partial charge in [0.15, 0.2) is 4.73 Å². The quantitative estimate of drug-likeness (QED) is 0.840. The van der Waals surface area contributed by atoms with Gasteiger partial charge in [0.1, 0.15) is 0 Å². The number of halogens is 1. The number of amides is 1. The van der Waals surface area contributed by atoms with Gasteiger partial charge in [0.05, 0.1) is 24.4 Å². The summed E-state index contributed by atoms with van der Waals surface area (Å²) in [5, 5.41) is 0. The van der Waals surface area contributed by atoms with E-state index < -0.39 is 0 Å². The molecule has 6 heteroatoms. The third-order valence-corrected chi connectivity index (χ3v) is 4.32. The highest BCUT2D eigenvalue weighted by molar-refractivity contribution is 9.10. The van der Waals surface area contributed by atoms with Crippen LogP contribution >= 0.6 is 15.9 Å². The van der Waals surface area contributed by atoms with Crippen molar-refractivity contribution < 1.29 is 4.79 Å². The van der Waals surface area contributed by atoms with Crippen LogP contribution in [0.2, 0.25) is 0 Å². The molecule has 0 atom stereocenters. The van der Waals surface area contributed by atoms with E-state index in [2.05, 4.69) is 25.9 Å². The summed E-state index contributed by atoms with van der Waals surface area (Å²) in [5.74, 6) is 0.117. The highest BCUT2D eigenvalue weighted by Crippen LogP contribution is 2.22. The highest BCUT2D eigenvalue weighted by atomic mass is 79.9. The molecule has 0 saturated heterocycles. The Labute approximate surface area is 125 Å². The Morgan fingerprint density at radius 1 is 1.45 bits per heavy atom. The van der Waals surface area contributed by atoms with Crippen molar-refractivity contribution in [2.24, 2.45) is 7.05 Å². The van der Waals surface area contributed by atoms with Crippen LogP contribution in [0.3, 0.4) is 0 Å². The lowest BCUT2D eigenvalue weighted by atomic mass is 10.1. The van der Waals surface area contributed by atoms with Gasteiger partial charge in [-0.25, -0.2) is 4.98 Å². The van der Waals surface area contributed by atoms with Gasteiger partial charge in [-0.1, -0.05) is 6.07 Å². The molecule has 2 aromatic heterocycles. The number of fused-ring (bicyclic) bond motifs is 1. The molecule has 0 bridgehead atoms. The van der Waals surface area contributed by atoms with E-state index in [0.29, 0.717) is 13.0 Å². The highest BCUT2D eigenvalue weighted by Gasteiger charge is 2.25. The fourth-order valence-electron chi connectivity index (χ4n) is 2.44. The summed E-state index contributed by atoms with van der Waals surface area (Å²) in [6.07, 6.45) is 2.88. The molecule has 0 saturated carbocycles. The largest absolute Gasteiger partial charge is 0.336 e. The van der Waals surface area contributed by atoms with Gasteiger partial charge in [0.2, 0.25) is 5.91 Å². The van der Waals surface area contributed by atoms with Gasteiger partial charge in [0.25, 0.3) is 0 Å². The number of carbonyl (C=O) groups excluding carboxylic acids is 1. The molecule has 0 radical (unpaired) electrons. The Kier molecular flexibility index (Phi) is 3.56. The number of imidazole rings is 1. The summed E-state index contributed by atoms with van der Waals surface area (Å²) in [6.45, 7) is 1.35. The van der Waals surface area contributed by atoms with Gasteiger partial charge in [-0.15, -0.1) is 0 Å². The predicted molar refractivity (Wildman–Crippen MR) is 78.0 cm³/mol. The molecule has 1 amide bonds. The van der Waals surface area contributed by atoms with Gasteiger partial charge in [-0.2, -0.15) is 0 Å². The molecule has 0 spiro atoms. The standard InChI is InChI=1S/C14H15BrN4O/c1-18-12-9-19(7-5-11(12)17-14(18)15)13(20)8-10-4-2-3-6-16-10/h2-4,6H,5,7-9H2,1H3. The fourth-order valence-corrected chi connectivity index (χ4v) is 2.86. The minimum Gasteiger partial charge on any atom is -0.336 e. The summed E-state index contributed by atoms with van der Waals surface area (Å²) in [6, 6.07) is 5.64. The number of pyridine rings is 1. The Morgan fingerprint density at radius 3 is 3.05 bits per heavy atom. The molecule has 20 heavy (non-hydrogen) atoms. The van der Waals surface area contributed by atoms with Crippen LogP contribution < -0.4 is 0 Å². The van der Waals surface area contributed by atoms with Crippen LogP contribution in [0, 0.1) is 0 Å². The lowest BCUT2D eigenvalue weighted by Crippen LogP contribution is -2.37. The maximum Gasteiger partial charge on any atom is 0.228 e. The van der Waals surface area contributed by atoms with Gasteiger partial charge >= 0.3 is 0 Å². The van der Waals surface area contributed by atoms with Crippen LogP contribution in [-0.4, -0.2) is 31.9 Å². The second-order valence-corrected chi connectivity index (χ2v) is 5.61. The maximum atomic E-state index is 12.3. The van der Waals surface area contributed by atoms with Crippen LogP contribution in [0.5, 0.6) is 0 Å². The average molecular weight is 335 g/mol. The molecule has 0 fully saturated rings. The third-order valence-electron chi connectivity index (χ3n) is 3.61. The first-order chi connectivity index (χ1) is 9.65. The lowest BCUT2D eigenvalue weighted by Gasteiger charge is -2.27. The summed E-state index contributed by atoms with van der Waals surface area (Å²) >= 11 is 3.43. The van der Waals surface area contributed by atoms with Gasteiger partial charge in [-0.05, 0) is 28.1 Å². The van der Waals surface area contributed by atoms with E-state index in [1.807, 2.05) is 34.7 Å². The Morgan fingerprint density at radius 2 is 2.30 bits per heavy atom. The third kappa shape index (κ3) is 2.47. The molecule has 0 aliphatic carbocycles. The SMILES string of the molecule is Cn1c(Br)nc2c1CN(C(=O)Cc1ccccn1)CC2. The van der Waals surface area contributed by atoms with Crippen molar-refractivity contribution in [2.75, 3.05) is 6.54 Å². The van der Waals surface area contributed by atoms with Crippen LogP contribution in [0.4, 0.5) is 0 Å². The van der Waals surface area contributed by atoms with Crippen LogP contribution in [0.25, 0.3) is 0 Å². The smallest absolute Gasteiger partial charge is 0.228 e. The van der Waals surface area contributed by atoms with Crippen molar-refractivity contribution in [3.05, 3.63) is 46.2 Å². The molecule has 5 nitrogen and oxygen atoms in total. The molecule has 3 heterocycles. The van der Waals surface area contributed by atoms with E-state index >= 15 is 0 Å². The van der Waals surface area contributed by atoms with Gasteiger partial charge in [0, 0.05) is 31.9 Å². The molecule has 1 aliphatic heterocycles. The molecule has 0 aromatic carbocycles. The fraction of sp³-hybridized carbons (Fsp3) is 0.357. The first kappa shape index (κ1) is 13.3. The van der Waals surface area contributed by atoms with Crippen LogP contribution in [0.15, 0.2) is 29.1 Å². The second kappa shape index (κ2) is 5.36. The van der Waals surface area contributed by atoms with Crippen LogP contribution in [-0.2, 0) is 31.2 Å². The number of hydrogen-bond donors (Lipinski definition) is 0. The summed E-state index contributed by atoms with van der Waals surface area (Å²) < 4.78 is 2.82.